The normalized spacial score (nSPS) is 13.9. The SMILES string of the molecule is COc1ccc(-c2cc(C(=O)N3CCN(c4cccc(C(F)(F)F)c4)CC3)n3nc(-c4ccc(Cl)cc4)cc3n2)cc1. The van der Waals surface area contributed by atoms with Gasteiger partial charge in [0, 0.05) is 54.1 Å². The first-order chi connectivity index (χ1) is 20.2. The second kappa shape index (κ2) is 11.0. The highest BCUT2D eigenvalue weighted by Gasteiger charge is 2.32. The number of fused-ring (bicyclic) bond motifs is 1. The van der Waals surface area contributed by atoms with Gasteiger partial charge in [0.2, 0.25) is 0 Å². The molecule has 0 unspecified atom stereocenters. The van der Waals surface area contributed by atoms with Gasteiger partial charge >= 0.3 is 6.18 Å². The second-order valence-electron chi connectivity index (χ2n) is 9.89. The van der Waals surface area contributed by atoms with Crippen LogP contribution in [-0.2, 0) is 6.18 Å². The van der Waals surface area contributed by atoms with Crippen LogP contribution in [0.5, 0.6) is 5.75 Å². The van der Waals surface area contributed by atoms with Crippen molar-refractivity contribution >= 4 is 28.8 Å². The van der Waals surface area contributed by atoms with Crippen LogP contribution >= 0.6 is 11.6 Å². The standard InChI is InChI=1S/C31H25ClF3N5O2/c1-42-25-11-7-20(8-12-25)26-18-28(40-29(36-26)19-27(37-40)21-5-9-23(32)10-6-21)30(41)39-15-13-38(14-16-39)24-4-2-3-22(17-24)31(33,34)35/h2-12,17-19H,13-16H2,1H3. The number of nitrogens with zero attached hydrogens (tertiary/aromatic N) is 5. The number of ether oxygens (including phenoxy) is 1. The second-order valence-corrected chi connectivity index (χ2v) is 10.3. The minimum absolute atomic E-state index is 0.244. The maximum Gasteiger partial charge on any atom is 0.416 e. The van der Waals surface area contributed by atoms with Gasteiger partial charge in [0.1, 0.15) is 11.4 Å². The Kier molecular flexibility index (Phi) is 7.24. The molecule has 42 heavy (non-hydrogen) atoms. The summed E-state index contributed by atoms with van der Waals surface area (Å²) in [5.74, 6) is 0.454. The molecule has 11 heteroatoms. The molecule has 214 valence electrons. The van der Waals surface area contributed by atoms with Gasteiger partial charge in [-0.3, -0.25) is 4.79 Å². The van der Waals surface area contributed by atoms with E-state index >= 15 is 0 Å². The Labute approximate surface area is 244 Å². The lowest BCUT2D eigenvalue weighted by molar-refractivity contribution is -0.137. The Morgan fingerprint density at radius 3 is 2.19 bits per heavy atom. The maximum absolute atomic E-state index is 13.9. The van der Waals surface area contributed by atoms with Gasteiger partial charge in [-0.2, -0.15) is 18.3 Å². The van der Waals surface area contributed by atoms with Crippen molar-refractivity contribution in [2.24, 2.45) is 0 Å². The molecular formula is C31H25ClF3N5O2. The number of aromatic nitrogens is 3. The highest BCUT2D eigenvalue weighted by atomic mass is 35.5. The third-order valence-corrected chi connectivity index (χ3v) is 7.53. The molecule has 3 heterocycles. The number of amides is 1. The number of halogens is 4. The molecule has 0 atom stereocenters. The van der Waals surface area contributed by atoms with Gasteiger partial charge in [-0.1, -0.05) is 29.8 Å². The highest BCUT2D eigenvalue weighted by Crippen LogP contribution is 2.32. The summed E-state index contributed by atoms with van der Waals surface area (Å²) in [7, 11) is 1.59. The first kappa shape index (κ1) is 27.6. The number of benzene rings is 3. The van der Waals surface area contributed by atoms with Crippen LogP contribution in [0.2, 0.25) is 5.02 Å². The first-order valence-electron chi connectivity index (χ1n) is 13.2. The molecule has 1 amide bonds. The van der Waals surface area contributed by atoms with Gasteiger partial charge in [-0.05, 0) is 60.7 Å². The monoisotopic (exact) mass is 591 g/mol. The Morgan fingerprint density at radius 1 is 0.857 bits per heavy atom. The fourth-order valence-electron chi connectivity index (χ4n) is 5.01. The lowest BCUT2D eigenvalue weighted by Gasteiger charge is -2.36. The van der Waals surface area contributed by atoms with E-state index in [2.05, 4.69) is 0 Å². The third-order valence-electron chi connectivity index (χ3n) is 7.28. The number of piperazine rings is 1. The van der Waals surface area contributed by atoms with Crippen LogP contribution in [0.15, 0.2) is 84.9 Å². The minimum atomic E-state index is -4.42. The summed E-state index contributed by atoms with van der Waals surface area (Å²) in [6, 6.07) is 23.4. The van der Waals surface area contributed by atoms with Crippen LogP contribution in [-0.4, -0.2) is 58.7 Å². The molecule has 3 aromatic carbocycles. The summed E-state index contributed by atoms with van der Waals surface area (Å²) < 4.78 is 46.5. The van der Waals surface area contributed by atoms with E-state index in [-0.39, 0.29) is 5.91 Å². The summed E-state index contributed by atoms with van der Waals surface area (Å²) in [4.78, 5) is 22.3. The quantitative estimate of drug-likeness (QED) is 0.227. The van der Waals surface area contributed by atoms with Crippen LogP contribution in [0.4, 0.5) is 18.9 Å². The molecule has 1 aliphatic heterocycles. The van der Waals surface area contributed by atoms with E-state index in [1.54, 1.807) is 40.8 Å². The van der Waals surface area contributed by atoms with Crippen molar-refractivity contribution in [2.45, 2.75) is 6.18 Å². The predicted octanol–water partition coefficient (Wildman–Crippen LogP) is 6.71. The van der Waals surface area contributed by atoms with Crippen LogP contribution in [0.25, 0.3) is 28.2 Å². The molecule has 0 radical (unpaired) electrons. The zero-order valence-electron chi connectivity index (χ0n) is 22.5. The molecule has 6 rings (SSSR count). The molecule has 0 N–H and O–H groups in total. The number of rotatable bonds is 5. The van der Waals surface area contributed by atoms with Gasteiger partial charge in [0.15, 0.2) is 5.65 Å². The Morgan fingerprint density at radius 2 is 1.52 bits per heavy atom. The van der Waals surface area contributed by atoms with Crippen molar-refractivity contribution in [3.8, 4) is 28.3 Å². The average Bonchev–Trinajstić information content (AvgIpc) is 3.45. The van der Waals surface area contributed by atoms with E-state index in [0.29, 0.717) is 65.4 Å². The van der Waals surface area contributed by atoms with Crippen LogP contribution < -0.4 is 9.64 Å². The Bertz CT molecular complexity index is 1750. The molecule has 1 aliphatic rings. The van der Waals surface area contributed by atoms with Gasteiger partial charge in [-0.25, -0.2) is 9.50 Å². The summed E-state index contributed by atoms with van der Waals surface area (Å²) in [5, 5.41) is 5.31. The number of carbonyl (C=O) groups excluding carboxylic acids is 1. The van der Waals surface area contributed by atoms with Crippen molar-refractivity contribution in [1.82, 2.24) is 19.5 Å². The van der Waals surface area contributed by atoms with E-state index in [1.807, 2.05) is 47.4 Å². The fourth-order valence-corrected chi connectivity index (χ4v) is 5.13. The number of alkyl halides is 3. The molecule has 1 saturated heterocycles. The summed E-state index contributed by atoms with van der Waals surface area (Å²) in [6.07, 6.45) is -4.42. The van der Waals surface area contributed by atoms with Gasteiger partial charge in [0.25, 0.3) is 5.91 Å². The molecule has 0 saturated carbocycles. The minimum Gasteiger partial charge on any atom is -0.497 e. The predicted molar refractivity (Wildman–Crippen MR) is 155 cm³/mol. The smallest absolute Gasteiger partial charge is 0.416 e. The molecule has 0 aliphatic carbocycles. The average molecular weight is 592 g/mol. The van der Waals surface area contributed by atoms with Crippen molar-refractivity contribution in [3.05, 3.63) is 101 Å². The molecule has 5 aromatic rings. The molecule has 1 fully saturated rings. The first-order valence-corrected chi connectivity index (χ1v) is 13.6. The summed E-state index contributed by atoms with van der Waals surface area (Å²) in [6.45, 7) is 1.45. The summed E-state index contributed by atoms with van der Waals surface area (Å²) >= 11 is 6.07. The molecule has 2 aromatic heterocycles. The Balaban J connectivity index is 1.32. The van der Waals surface area contributed by atoms with Crippen molar-refractivity contribution in [3.63, 3.8) is 0 Å². The maximum atomic E-state index is 13.9. The number of methoxy groups -OCH3 is 1. The highest BCUT2D eigenvalue weighted by molar-refractivity contribution is 6.30. The van der Waals surface area contributed by atoms with Crippen LogP contribution in [0, 0.1) is 0 Å². The zero-order valence-corrected chi connectivity index (χ0v) is 23.2. The number of hydrogen-bond donors (Lipinski definition) is 0. The third kappa shape index (κ3) is 5.49. The number of carbonyl (C=O) groups is 1. The largest absolute Gasteiger partial charge is 0.497 e. The molecule has 7 nitrogen and oxygen atoms in total. The molecule has 0 bridgehead atoms. The van der Waals surface area contributed by atoms with E-state index < -0.39 is 11.7 Å². The molecule has 0 spiro atoms. The van der Waals surface area contributed by atoms with Crippen LogP contribution in [0.1, 0.15) is 16.1 Å². The van der Waals surface area contributed by atoms with Crippen LogP contribution in [0.3, 0.4) is 0 Å². The van der Waals surface area contributed by atoms with E-state index in [9.17, 15) is 18.0 Å². The van der Waals surface area contributed by atoms with E-state index in [1.165, 1.54) is 6.07 Å². The lowest BCUT2D eigenvalue weighted by Crippen LogP contribution is -2.49. The van der Waals surface area contributed by atoms with Crippen molar-refractivity contribution in [2.75, 3.05) is 38.2 Å². The lowest BCUT2D eigenvalue weighted by atomic mass is 10.1. The van der Waals surface area contributed by atoms with Gasteiger partial charge < -0.3 is 14.5 Å². The van der Waals surface area contributed by atoms with E-state index in [4.69, 9.17) is 26.4 Å². The zero-order chi connectivity index (χ0) is 29.4. The van der Waals surface area contributed by atoms with Gasteiger partial charge in [-0.15, -0.1) is 0 Å². The topological polar surface area (TPSA) is 63.0 Å². The van der Waals surface area contributed by atoms with Gasteiger partial charge in [0.05, 0.1) is 24.1 Å². The number of anilines is 1. The fraction of sp³-hybridized carbons (Fsp3) is 0.194. The Hall–Kier alpha value is -4.57. The van der Waals surface area contributed by atoms with E-state index in [0.717, 1.165) is 23.3 Å². The molecular weight excluding hydrogens is 567 g/mol. The van der Waals surface area contributed by atoms with Crippen molar-refractivity contribution in [1.29, 1.82) is 0 Å². The summed E-state index contributed by atoms with van der Waals surface area (Å²) in [5.41, 5.74) is 3.47. The number of hydrogen-bond acceptors (Lipinski definition) is 5. The van der Waals surface area contributed by atoms with Crippen molar-refractivity contribution < 1.29 is 22.7 Å².